The minimum Gasteiger partial charge on any atom is -0.370 e. The Morgan fingerprint density at radius 2 is 1.93 bits per heavy atom. The van der Waals surface area contributed by atoms with E-state index in [9.17, 15) is 14.4 Å². The second-order valence-corrected chi connectivity index (χ2v) is 2.67. The molecular weight excluding hydrogens is 188 g/mol. The fraction of sp³-hybridized carbons (Fsp3) is 0.571. The molecule has 3 amide bonds. The monoisotopic (exact) mass is 202 g/mol. The van der Waals surface area contributed by atoms with Crippen molar-refractivity contribution in [3.05, 3.63) is 0 Å². The first-order valence-electron chi connectivity index (χ1n) is 3.99. The van der Waals surface area contributed by atoms with Crippen molar-refractivity contribution < 1.29 is 14.4 Å². The molecule has 0 spiro atoms. The van der Waals surface area contributed by atoms with Gasteiger partial charge < -0.3 is 22.1 Å². The number of likely N-dealkylation sites (N-methyl/N-ethyl adjacent to an activating group) is 1. The van der Waals surface area contributed by atoms with Crippen LogP contribution in [0.4, 0.5) is 0 Å². The molecule has 14 heavy (non-hydrogen) atoms. The number of carbonyl (C=O) groups is 3. The Hall–Kier alpha value is -1.63. The van der Waals surface area contributed by atoms with Crippen LogP contribution >= 0.6 is 0 Å². The van der Waals surface area contributed by atoms with Crippen molar-refractivity contribution in [1.29, 1.82) is 0 Å². The van der Waals surface area contributed by atoms with E-state index in [0.29, 0.717) is 0 Å². The van der Waals surface area contributed by atoms with E-state index in [1.54, 1.807) is 0 Å². The summed E-state index contributed by atoms with van der Waals surface area (Å²) in [5.74, 6) is -1.58. The van der Waals surface area contributed by atoms with Crippen molar-refractivity contribution >= 4 is 17.7 Å². The molecule has 0 aromatic rings. The number of rotatable bonds is 5. The summed E-state index contributed by atoms with van der Waals surface area (Å²) in [7, 11) is 1.44. The van der Waals surface area contributed by atoms with Gasteiger partial charge in [0.2, 0.25) is 17.7 Å². The van der Waals surface area contributed by atoms with Gasteiger partial charge in [-0.1, -0.05) is 0 Å². The van der Waals surface area contributed by atoms with Crippen molar-refractivity contribution in [3.63, 3.8) is 0 Å². The number of primary amides is 1. The molecule has 0 aromatic carbocycles. The lowest BCUT2D eigenvalue weighted by molar-refractivity contribution is -0.128. The van der Waals surface area contributed by atoms with Crippen LogP contribution in [0.2, 0.25) is 0 Å². The third-order valence-corrected chi connectivity index (χ3v) is 1.46. The van der Waals surface area contributed by atoms with E-state index in [1.165, 1.54) is 7.05 Å². The Labute approximate surface area is 81.2 Å². The SMILES string of the molecule is CNC(=O)CNC(=O)C(N)CC(N)=O. The van der Waals surface area contributed by atoms with Crippen LogP contribution in [0.5, 0.6) is 0 Å². The smallest absolute Gasteiger partial charge is 0.239 e. The summed E-state index contributed by atoms with van der Waals surface area (Å²) in [4.78, 5) is 32.2. The van der Waals surface area contributed by atoms with Gasteiger partial charge in [-0.25, -0.2) is 0 Å². The van der Waals surface area contributed by atoms with Crippen LogP contribution in [-0.4, -0.2) is 37.4 Å². The zero-order chi connectivity index (χ0) is 11.1. The third-order valence-electron chi connectivity index (χ3n) is 1.46. The minimum absolute atomic E-state index is 0.165. The van der Waals surface area contributed by atoms with Crippen LogP contribution in [0.25, 0.3) is 0 Å². The van der Waals surface area contributed by atoms with E-state index in [0.717, 1.165) is 0 Å². The quantitative estimate of drug-likeness (QED) is 0.380. The molecular formula is C7H14N4O3. The van der Waals surface area contributed by atoms with E-state index in [2.05, 4.69) is 10.6 Å². The predicted octanol–water partition coefficient (Wildman–Crippen LogP) is -2.95. The zero-order valence-electron chi connectivity index (χ0n) is 7.87. The lowest BCUT2D eigenvalue weighted by Crippen LogP contribution is -2.45. The second kappa shape index (κ2) is 5.92. The molecule has 7 nitrogen and oxygen atoms in total. The van der Waals surface area contributed by atoms with Gasteiger partial charge in [-0.05, 0) is 0 Å². The van der Waals surface area contributed by atoms with E-state index in [-0.39, 0.29) is 18.9 Å². The molecule has 1 unspecified atom stereocenters. The summed E-state index contributed by atoms with van der Waals surface area (Å²) in [5, 5.41) is 4.57. The Kier molecular flexibility index (Phi) is 5.23. The first-order valence-corrected chi connectivity index (χ1v) is 3.99. The fourth-order valence-electron chi connectivity index (χ4n) is 0.696. The average Bonchev–Trinajstić information content (AvgIpc) is 2.12. The molecule has 0 radical (unpaired) electrons. The standard InChI is InChI=1S/C7H14N4O3/c1-10-6(13)3-11-7(14)4(8)2-5(9)12/h4H,2-3,8H2,1H3,(H2,9,12)(H,10,13)(H,11,14). The van der Waals surface area contributed by atoms with Crippen molar-refractivity contribution in [1.82, 2.24) is 10.6 Å². The van der Waals surface area contributed by atoms with Gasteiger partial charge in [0.15, 0.2) is 0 Å². The fourth-order valence-corrected chi connectivity index (χ4v) is 0.696. The highest BCUT2D eigenvalue weighted by molar-refractivity contribution is 5.90. The molecule has 80 valence electrons. The summed E-state index contributed by atoms with van der Waals surface area (Å²) < 4.78 is 0. The van der Waals surface area contributed by atoms with Gasteiger partial charge in [0.05, 0.1) is 19.0 Å². The number of hydrogen-bond acceptors (Lipinski definition) is 4. The Balaban J connectivity index is 3.84. The van der Waals surface area contributed by atoms with Gasteiger partial charge in [-0.3, -0.25) is 14.4 Å². The number of amides is 3. The second-order valence-electron chi connectivity index (χ2n) is 2.67. The largest absolute Gasteiger partial charge is 0.370 e. The summed E-state index contributed by atoms with van der Waals surface area (Å²) >= 11 is 0. The molecule has 0 aliphatic heterocycles. The van der Waals surface area contributed by atoms with Crippen LogP contribution in [-0.2, 0) is 14.4 Å². The number of hydrogen-bond donors (Lipinski definition) is 4. The molecule has 0 saturated carbocycles. The van der Waals surface area contributed by atoms with Gasteiger partial charge in [0.25, 0.3) is 0 Å². The molecule has 1 atom stereocenters. The van der Waals surface area contributed by atoms with Gasteiger partial charge in [-0.15, -0.1) is 0 Å². The van der Waals surface area contributed by atoms with Crippen molar-refractivity contribution in [2.24, 2.45) is 11.5 Å². The van der Waals surface area contributed by atoms with Gasteiger partial charge >= 0.3 is 0 Å². The topological polar surface area (TPSA) is 127 Å². The van der Waals surface area contributed by atoms with Crippen molar-refractivity contribution in [2.75, 3.05) is 13.6 Å². The van der Waals surface area contributed by atoms with Gasteiger partial charge in [-0.2, -0.15) is 0 Å². The van der Waals surface area contributed by atoms with Crippen LogP contribution < -0.4 is 22.1 Å². The molecule has 0 aliphatic rings. The lowest BCUT2D eigenvalue weighted by atomic mass is 10.2. The molecule has 0 saturated heterocycles. The first-order chi connectivity index (χ1) is 6.47. The molecule has 0 fully saturated rings. The molecule has 0 heterocycles. The van der Waals surface area contributed by atoms with Gasteiger partial charge in [0, 0.05) is 7.05 Å². The Morgan fingerprint density at radius 3 is 2.36 bits per heavy atom. The summed E-state index contributed by atoms with van der Waals surface area (Å²) in [6.45, 7) is -0.165. The highest BCUT2D eigenvalue weighted by atomic mass is 16.2. The normalized spacial score (nSPS) is 11.6. The van der Waals surface area contributed by atoms with E-state index in [4.69, 9.17) is 11.5 Å². The maximum Gasteiger partial charge on any atom is 0.239 e. The molecule has 7 heteroatoms. The number of carbonyl (C=O) groups excluding carboxylic acids is 3. The van der Waals surface area contributed by atoms with Crippen LogP contribution in [0.3, 0.4) is 0 Å². The number of nitrogens with two attached hydrogens (primary N) is 2. The molecule has 6 N–H and O–H groups in total. The van der Waals surface area contributed by atoms with Crippen molar-refractivity contribution in [2.45, 2.75) is 12.5 Å². The Morgan fingerprint density at radius 1 is 1.36 bits per heavy atom. The van der Waals surface area contributed by atoms with E-state index in [1.807, 2.05) is 0 Å². The van der Waals surface area contributed by atoms with Crippen LogP contribution in [0.1, 0.15) is 6.42 Å². The third kappa shape index (κ3) is 5.09. The predicted molar refractivity (Wildman–Crippen MR) is 48.9 cm³/mol. The maximum absolute atomic E-state index is 11.1. The summed E-state index contributed by atoms with van der Waals surface area (Å²) in [5.41, 5.74) is 10.1. The first kappa shape index (κ1) is 12.4. The minimum atomic E-state index is -1.00. The van der Waals surface area contributed by atoms with E-state index < -0.39 is 17.9 Å². The number of nitrogens with one attached hydrogen (secondary N) is 2. The van der Waals surface area contributed by atoms with Gasteiger partial charge in [0.1, 0.15) is 0 Å². The van der Waals surface area contributed by atoms with Crippen LogP contribution in [0, 0.1) is 0 Å². The summed E-state index contributed by atoms with van der Waals surface area (Å²) in [6.07, 6.45) is -0.237. The summed E-state index contributed by atoms with van der Waals surface area (Å²) in [6, 6.07) is -1.00. The lowest BCUT2D eigenvalue weighted by Gasteiger charge is -2.09. The molecule has 0 rings (SSSR count). The molecule has 0 bridgehead atoms. The highest BCUT2D eigenvalue weighted by Crippen LogP contribution is 1.86. The molecule has 0 aromatic heterocycles. The maximum atomic E-state index is 11.1. The highest BCUT2D eigenvalue weighted by Gasteiger charge is 2.15. The van der Waals surface area contributed by atoms with Crippen molar-refractivity contribution in [3.8, 4) is 0 Å². The van der Waals surface area contributed by atoms with Crippen LogP contribution in [0.15, 0.2) is 0 Å². The average molecular weight is 202 g/mol. The Bertz CT molecular complexity index is 241. The van der Waals surface area contributed by atoms with E-state index >= 15 is 0 Å². The zero-order valence-corrected chi connectivity index (χ0v) is 7.87. The molecule has 0 aliphatic carbocycles.